The van der Waals surface area contributed by atoms with E-state index in [9.17, 15) is 23.6 Å². The van der Waals surface area contributed by atoms with Crippen LogP contribution in [0.25, 0.3) is 0 Å². The van der Waals surface area contributed by atoms with E-state index in [0.29, 0.717) is 5.56 Å². The van der Waals surface area contributed by atoms with E-state index >= 15 is 0 Å². The molecule has 0 aliphatic rings. The van der Waals surface area contributed by atoms with Gasteiger partial charge in [-0.3, -0.25) is 14.4 Å². The minimum absolute atomic E-state index is 0.149. The Morgan fingerprint density at radius 3 is 2.06 bits per heavy atom. The maximum Gasteiger partial charge on any atom is 0.326 e. The fourth-order valence-electron chi connectivity index (χ4n) is 2.70. The second-order valence-corrected chi connectivity index (χ2v) is 7.36. The maximum absolute atomic E-state index is 12.9. The monoisotopic (exact) mass is 476 g/mol. The van der Waals surface area contributed by atoms with Gasteiger partial charge < -0.3 is 32.3 Å². The van der Waals surface area contributed by atoms with E-state index in [1.165, 1.54) is 25.1 Å². The highest BCUT2D eigenvalue weighted by atomic mass is 19.1. The van der Waals surface area contributed by atoms with Gasteiger partial charge in [0, 0.05) is 6.42 Å². The normalized spacial score (nSPS) is 12.8. The molecule has 8 N–H and O–H groups in total. The lowest BCUT2D eigenvalue weighted by molar-refractivity contribution is -0.141. The Labute approximate surface area is 196 Å². The number of benzene rings is 2. The van der Waals surface area contributed by atoms with Crippen LogP contribution in [-0.2, 0) is 32.0 Å². The quantitative estimate of drug-likeness (QED) is 0.277. The van der Waals surface area contributed by atoms with Crippen LogP contribution in [0.2, 0.25) is 0 Å². The Bertz CT molecular complexity index is 973. The molecular formula is C23H29FN4O6. The second kappa shape index (κ2) is 14.3. The summed E-state index contributed by atoms with van der Waals surface area (Å²) in [6.45, 7) is 1.13. The summed E-state index contributed by atoms with van der Waals surface area (Å²) in [6, 6.07) is 12.0. The van der Waals surface area contributed by atoms with Crippen LogP contribution < -0.4 is 22.1 Å². The molecular weight excluding hydrogens is 447 g/mol. The van der Waals surface area contributed by atoms with Crippen molar-refractivity contribution in [2.24, 2.45) is 11.5 Å². The Hall–Kier alpha value is -3.83. The van der Waals surface area contributed by atoms with Crippen LogP contribution in [0.3, 0.4) is 0 Å². The number of nitrogens with one attached hydrogen (secondary N) is 2. The number of carbonyl (C=O) groups excluding carboxylic acids is 2. The first-order valence-electron chi connectivity index (χ1n) is 10.3. The maximum atomic E-state index is 12.9. The lowest BCUT2D eigenvalue weighted by Crippen LogP contribution is -2.48. The molecule has 0 saturated heterocycles. The van der Waals surface area contributed by atoms with Gasteiger partial charge >= 0.3 is 11.9 Å². The van der Waals surface area contributed by atoms with E-state index in [2.05, 4.69) is 10.6 Å². The topological polar surface area (TPSA) is 185 Å². The van der Waals surface area contributed by atoms with Crippen molar-refractivity contribution in [3.63, 3.8) is 0 Å². The van der Waals surface area contributed by atoms with Crippen LogP contribution in [0.15, 0.2) is 54.6 Å². The first-order valence-corrected chi connectivity index (χ1v) is 10.3. The Morgan fingerprint density at radius 2 is 1.53 bits per heavy atom. The summed E-state index contributed by atoms with van der Waals surface area (Å²) in [5.74, 6) is -3.65. The summed E-state index contributed by atoms with van der Waals surface area (Å²) in [4.78, 5) is 44.0. The second-order valence-electron chi connectivity index (χ2n) is 7.36. The molecule has 11 heteroatoms. The van der Waals surface area contributed by atoms with Gasteiger partial charge in [-0.1, -0.05) is 42.5 Å². The minimum atomic E-state index is -1.14. The summed E-state index contributed by atoms with van der Waals surface area (Å²) in [5, 5.41) is 22.2. The average molecular weight is 477 g/mol. The number of nitrogens with two attached hydrogens (primary N) is 2. The molecule has 0 unspecified atom stereocenters. The first-order chi connectivity index (χ1) is 16.0. The Kier molecular flexibility index (Phi) is 11.9. The minimum Gasteiger partial charge on any atom is -0.480 e. The molecule has 2 amide bonds. The highest BCUT2D eigenvalue weighted by molar-refractivity contribution is 5.86. The number of hydrogen-bond donors (Lipinski definition) is 6. The number of halogens is 1. The van der Waals surface area contributed by atoms with Crippen LogP contribution in [0, 0.1) is 5.82 Å². The third-order valence-electron chi connectivity index (χ3n) is 4.51. The molecule has 0 spiro atoms. The van der Waals surface area contributed by atoms with Crippen LogP contribution in [-0.4, -0.2) is 58.6 Å². The van der Waals surface area contributed by atoms with Crippen molar-refractivity contribution >= 4 is 23.8 Å². The van der Waals surface area contributed by atoms with E-state index in [1.54, 1.807) is 6.07 Å². The summed E-state index contributed by atoms with van der Waals surface area (Å²) < 4.78 is 12.9. The van der Waals surface area contributed by atoms with Gasteiger partial charge in [0.05, 0.1) is 12.6 Å². The van der Waals surface area contributed by atoms with Crippen molar-refractivity contribution < 1.29 is 33.8 Å². The Morgan fingerprint density at radius 1 is 0.912 bits per heavy atom. The van der Waals surface area contributed by atoms with Gasteiger partial charge in [0.2, 0.25) is 11.8 Å². The third kappa shape index (κ3) is 10.7. The van der Waals surface area contributed by atoms with Gasteiger partial charge in [-0.05, 0) is 36.6 Å². The van der Waals surface area contributed by atoms with Gasteiger partial charge in [0.25, 0.3) is 0 Å². The number of carboxylic acid groups (broad SMARTS) is 2. The zero-order chi connectivity index (χ0) is 25.7. The molecule has 2 rings (SSSR count). The van der Waals surface area contributed by atoms with Crippen LogP contribution in [0.4, 0.5) is 4.39 Å². The van der Waals surface area contributed by atoms with E-state index in [-0.39, 0.29) is 19.4 Å². The molecule has 3 atom stereocenters. The van der Waals surface area contributed by atoms with Crippen molar-refractivity contribution in [1.82, 2.24) is 10.6 Å². The molecule has 10 nitrogen and oxygen atoms in total. The van der Waals surface area contributed by atoms with Gasteiger partial charge in [-0.25, -0.2) is 9.18 Å². The average Bonchev–Trinajstić information content (AvgIpc) is 2.79. The summed E-state index contributed by atoms with van der Waals surface area (Å²) >= 11 is 0. The smallest absolute Gasteiger partial charge is 0.326 e. The Balaban J connectivity index is 0.000000342. The van der Waals surface area contributed by atoms with Gasteiger partial charge in [-0.2, -0.15) is 0 Å². The van der Waals surface area contributed by atoms with Crippen LogP contribution in [0.5, 0.6) is 0 Å². The largest absolute Gasteiger partial charge is 0.480 e. The molecule has 184 valence electrons. The molecule has 34 heavy (non-hydrogen) atoms. The lowest BCUT2D eigenvalue weighted by atomic mass is 10.1. The fraction of sp³-hybridized carbons (Fsp3) is 0.304. The number of amides is 2. The molecule has 0 aliphatic carbocycles. The van der Waals surface area contributed by atoms with Crippen molar-refractivity contribution in [2.75, 3.05) is 6.54 Å². The van der Waals surface area contributed by atoms with Crippen LogP contribution in [0.1, 0.15) is 18.1 Å². The van der Waals surface area contributed by atoms with Crippen molar-refractivity contribution in [1.29, 1.82) is 0 Å². The highest BCUT2D eigenvalue weighted by Crippen LogP contribution is 2.06. The molecule has 0 heterocycles. The van der Waals surface area contributed by atoms with Crippen molar-refractivity contribution in [2.45, 2.75) is 37.9 Å². The molecule has 0 saturated carbocycles. The first kappa shape index (κ1) is 28.2. The molecule has 0 bridgehead atoms. The highest BCUT2D eigenvalue weighted by Gasteiger charge is 2.20. The SMILES string of the molecule is C[C@H](NC(=O)[C@@H](N)Cc1cccc(F)c1)C(=O)O.NCC(=O)N[C@@H](Cc1ccccc1)C(=O)O. The van der Waals surface area contributed by atoms with E-state index in [4.69, 9.17) is 21.7 Å². The lowest BCUT2D eigenvalue weighted by Gasteiger charge is -2.14. The third-order valence-corrected chi connectivity index (χ3v) is 4.51. The molecule has 0 aromatic heterocycles. The summed E-state index contributed by atoms with van der Waals surface area (Å²) in [5.41, 5.74) is 12.2. The number of rotatable bonds is 10. The zero-order valence-corrected chi connectivity index (χ0v) is 18.6. The van der Waals surface area contributed by atoms with Gasteiger partial charge in [0.15, 0.2) is 0 Å². The number of carboxylic acids is 2. The molecule has 0 radical (unpaired) electrons. The molecule has 0 aliphatic heterocycles. The van der Waals surface area contributed by atoms with Crippen molar-refractivity contribution in [3.05, 3.63) is 71.5 Å². The summed E-state index contributed by atoms with van der Waals surface area (Å²) in [6.07, 6.45) is 0.401. The predicted octanol–water partition coefficient (Wildman–Crippen LogP) is 0.0420. The standard InChI is InChI=1S/C12H15FN2O3.C11H14N2O3/c1-7(12(17)18)15-11(16)10(14)6-8-3-2-4-9(13)5-8;12-7-10(14)13-9(11(15)16)6-8-4-2-1-3-5-8/h2-5,7,10H,6,14H2,1H3,(H,15,16)(H,17,18);1-5,9H,6-7,12H2,(H,13,14)(H,15,16)/t7-,10-;9-/m00/s1. The van der Waals surface area contributed by atoms with E-state index < -0.39 is 47.7 Å². The molecule has 2 aromatic carbocycles. The molecule has 0 fully saturated rings. The predicted molar refractivity (Wildman–Crippen MR) is 122 cm³/mol. The van der Waals surface area contributed by atoms with E-state index in [1.807, 2.05) is 30.3 Å². The molecule has 2 aromatic rings. The summed E-state index contributed by atoms with van der Waals surface area (Å²) in [7, 11) is 0. The number of hydrogen-bond acceptors (Lipinski definition) is 6. The van der Waals surface area contributed by atoms with Gasteiger partial charge in [-0.15, -0.1) is 0 Å². The zero-order valence-electron chi connectivity index (χ0n) is 18.6. The number of aliphatic carboxylic acids is 2. The van der Waals surface area contributed by atoms with Crippen LogP contribution >= 0.6 is 0 Å². The van der Waals surface area contributed by atoms with E-state index in [0.717, 1.165) is 5.56 Å². The van der Waals surface area contributed by atoms with Crippen molar-refractivity contribution in [3.8, 4) is 0 Å². The van der Waals surface area contributed by atoms with Gasteiger partial charge in [0.1, 0.15) is 17.9 Å². The number of carbonyl (C=O) groups is 4. The fourth-order valence-corrected chi connectivity index (χ4v) is 2.70.